The Morgan fingerprint density at radius 3 is 1.24 bits per heavy atom. The lowest BCUT2D eigenvalue weighted by molar-refractivity contribution is 0.0397. The Labute approximate surface area is 109 Å². The van der Waals surface area contributed by atoms with Crippen molar-refractivity contribution >= 4 is 0 Å². The highest BCUT2D eigenvalue weighted by Gasteiger charge is 2.09. The van der Waals surface area contributed by atoms with Crippen LogP contribution in [0.1, 0.15) is 55.4 Å². The molecule has 3 heteroatoms. The third-order valence-corrected chi connectivity index (χ3v) is 2.30. The molecule has 0 rings (SSSR count). The molecular weight excluding hydrogens is 214 g/mol. The van der Waals surface area contributed by atoms with E-state index in [1.54, 1.807) is 7.11 Å². The molecule has 0 unspecified atom stereocenters. The van der Waals surface area contributed by atoms with Gasteiger partial charge < -0.3 is 9.84 Å². The Kier molecular flexibility index (Phi) is 16.0. The van der Waals surface area contributed by atoms with Crippen LogP contribution in [0.2, 0.25) is 0 Å². The molecule has 0 amide bonds. The van der Waals surface area contributed by atoms with Crippen LogP contribution < -0.4 is 0 Å². The first-order valence-electron chi connectivity index (χ1n) is 6.41. The van der Waals surface area contributed by atoms with Gasteiger partial charge in [-0.3, -0.25) is 4.90 Å². The minimum absolute atomic E-state index is 0.0417. The van der Waals surface area contributed by atoms with Gasteiger partial charge in [0.2, 0.25) is 0 Å². The van der Waals surface area contributed by atoms with E-state index in [0.717, 1.165) is 13.7 Å². The molecule has 0 fully saturated rings. The summed E-state index contributed by atoms with van der Waals surface area (Å²) in [4.78, 5) is 2.46. The van der Waals surface area contributed by atoms with Crippen molar-refractivity contribution < 1.29 is 9.84 Å². The summed E-state index contributed by atoms with van der Waals surface area (Å²) in [5, 5.41) is 7.00. The molecule has 0 bridgehead atoms. The summed E-state index contributed by atoms with van der Waals surface area (Å²) in [6.07, 6.45) is 0. The number of hydrogen-bond donors (Lipinski definition) is 1. The van der Waals surface area contributed by atoms with E-state index in [-0.39, 0.29) is 5.60 Å². The van der Waals surface area contributed by atoms with Crippen molar-refractivity contribution in [2.24, 2.45) is 0 Å². The minimum atomic E-state index is 0.0417. The fraction of sp³-hybridized carbons (Fsp3) is 1.00. The van der Waals surface area contributed by atoms with Crippen LogP contribution in [-0.2, 0) is 4.74 Å². The summed E-state index contributed by atoms with van der Waals surface area (Å²) in [6, 6.07) is 1.38. The maximum Gasteiger partial charge on any atom is 0.0594 e. The van der Waals surface area contributed by atoms with Gasteiger partial charge in [0, 0.05) is 26.3 Å². The number of ether oxygens (including phenoxy) is 1. The molecule has 0 atom stereocenters. The van der Waals surface area contributed by atoms with Crippen LogP contribution in [-0.4, -0.2) is 48.5 Å². The molecular formula is C14H35NO2. The lowest BCUT2D eigenvalue weighted by Crippen LogP contribution is -2.36. The number of rotatable bonds is 3. The van der Waals surface area contributed by atoms with Crippen molar-refractivity contribution in [3.63, 3.8) is 0 Å². The fourth-order valence-corrected chi connectivity index (χ4v) is 1.33. The van der Waals surface area contributed by atoms with Gasteiger partial charge in [-0.2, -0.15) is 0 Å². The molecule has 0 spiro atoms. The first kappa shape index (κ1) is 22.1. The predicted molar refractivity (Wildman–Crippen MR) is 77.6 cm³/mol. The third-order valence-electron chi connectivity index (χ3n) is 2.30. The molecule has 1 N–H and O–H groups in total. The summed E-state index contributed by atoms with van der Waals surface area (Å²) >= 11 is 0. The van der Waals surface area contributed by atoms with Crippen LogP contribution in [0.25, 0.3) is 0 Å². The zero-order valence-corrected chi connectivity index (χ0v) is 13.7. The standard InChI is InChI=1S/C8H19N.C5H12O.CH4O/c1-6-9(7(2)3)8(4)5;1-5(2,3)6-4;1-2/h7-8H,6H2,1-5H3;1-4H3;2H,1H3. The van der Waals surface area contributed by atoms with Gasteiger partial charge in [0.15, 0.2) is 0 Å². The van der Waals surface area contributed by atoms with E-state index in [4.69, 9.17) is 9.84 Å². The lowest BCUT2D eigenvalue weighted by Gasteiger charge is -2.28. The van der Waals surface area contributed by atoms with Crippen LogP contribution in [0, 0.1) is 0 Å². The normalized spacial score (nSPS) is 10.9. The molecule has 0 aromatic rings. The molecule has 0 saturated heterocycles. The van der Waals surface area contributed by atoms with E-state index in [1.807, 2.05) is 20.8 Å². The van der Waals surface area contributed by atoms with Crippen LogP contribution in [0.3, 0.4) is 0 Å². The van der Waals surface area contributed by atoms with E-state index in [9.17, 15) is 0 Å². The second kappa shape index (κ2) is 12.3. The second-order valence-corrected chi connectivity index (χ2v) is 5.33. The van der Waals surface area contributed by atoms with E-state index < -0.39 is 0 Å². The summed E-state index contributed by atoms with van der Waals surface area (Å²) in [6.45, 7) is 18.4. The molecule has 0 saturated carbocycles. The predicted octanol–water partition coefficient (Wildman–Crippen LogP) is 3.16. The largest absolute Gasteiger partial charge is 0.400 e. The van der Waals surface area contributed by atoms with Crippen LogP contribution in [0.15, 0.2) is 0 Å². The summed E-state index contributed by atoms with van der Waals surface area (Å²) in [7, 11) is 2.71. The summed E-state index contributed by atoms with van der Waals surface area (Å²) < 4.78 is 4.94. The van der Waals surface area contributed by atoms with Crippen LogP contribution >= 0.6 is 0 Å². The van der Waals surface area contributed by atoms with E-state index >= 15 is 0 Å². The topological polar surface area (TPSA) is 32.7 Å². The highest BCUT2D eigenvalue weighted by Crippen LogP contribution is 2.02. The molecule has 3 nitrogen and oxygen atoms in total. The van der Waals surface area contributed by atoms with Crippen LogP contribution in [0.5, 0.6) is 0 Å². The fourth-order valence-electron chi connectivity index (χ4n) is 1.33. The number of nitrogens with zero attached hydrogens (tertiary/aromatic N) is 1. The smallest absolute Gasteiger partial charge is 0.0594 e. The van der Waals surface area contributed by atoms with Crippen molar-refractivity contribution in [3.05, 3.63) is 0 Å². The molecule has 0 aliphatic heterocycles. The average Bonchev–Trinajstić information content (AvgIpc) is 2.20. The monoisotopic (exact) mass is 249 g/mol. The van der Waals surface area contributed by atoms with Crippen molar-refractivity contribution in [3.8, 4) is 0 Å². The highest BCUT2D eigenvalue weighted by molar-refractivity contribution is 4.64. The Morgan fingerprint density at radius 1 is 1.00 bits per heavy atom. The lowest BCUT2D eigenvalue weighted by atomic mass is 10.2. The number of hydrogen-bond acceptors (Lipinski definition) is 3. The Morgan fingerprint density at radius 2 is 1.24 bits per heavy atom. The van der Waals surface area contributed by atoms with E-state index in [2.05, 4.69) is 39.5 Å². The number of methoxy groups -OCH3 is 1. The maximum atomic E-state index is 7.00. The SMILES string of the molecule is CCN(C(C)C)C(C)C.CO.COC(C)(C)C. The van der Waals surface area contributed by atoms with Crippen molar-refractivity contribution in [2.45, 2.75) is 73.1 Å². The first-order valence-corrected chi connectivity index (χ1v) is 6.41. The van der Waals surface area contributed by atoms with E-state index in [0.29, 0.717) is 12.1 Å². The van der Waals surface area contributed by atoms with Crippen molar-refractivity contribution in [1.29, 1.82) is 0 Å². The van der Waals surface area contributed by atoms with Gasteiger partial charge in [-0.1, -0.05) is 6.92 Å². The Bertz CT molecular complexity index is 132. The zero-order chi connectivity index (χ0) is 14.6. The molecule has 0 heterocycles. The van der Waals surface area contributed by atoms with Gasteiger partial charge in [-0.05, 0) is 55.0 Å². The Hall–Kier alpha value is -0.120. The molecule has 0 aromatic carbocycles. The highest BCUT2D eigenvalue weighted by atomic mass is 16.5. The molecule has 17 heavy (non-hydrogen) atoms. The third kappa shape index (κ3) is 18.4. The first-order chi connectivity index (χ1) is 7.65. The molecule has 0 radical (unpaired) electrons. The van der Waals surface area contributed by atoms with Gasteiger partial charge in [0.05, 0.1) is 5.60 Å². The molecule has 0 aliphatic carbocycles. The van der Waals surface area contributed by atoms with Gasteiger partial charge in [-0.25, -0.2) is 0 Å². The minimum Gasteiger partial charge on any atom is -0.400 e. The number of aliphatic hydroxyl groups is 1. The van der Waals surface area contributed by atoms with Crippen molar-refractivity contribution in [2.75, 3.05) is 20.8 Å². The summed E-state index contributed by atoms with van der Waals surface area (Å²) in [5.41, 5.74) is 0.0417. The maximum absolute atomic E-state index is 7.00. The zero-order valence-electron chi connectivity index (χ0n) is 13.7. The Balaban J connectivity index is -0.000000213. The summed E-state index contributed by atoms with van der Waals surface area (Å²) in [5.74, 6) is 0. The van der Waals surface area contributed by atoms with E-state index in [1.165, 1.54) is 0 Å². The number of aliphatic hydroxyl groups excluding tert-OH is 1. The van der Waals surface area contributed by atoms with Crippen molar-refractivity contribution in [1.82, 2.24) is 4.90 Å². The van der Waals surface area contributed by atoms with Gasteiger partial charge >= 0.3 is 0 Å². The molecule has 0 aromatic heterocycles. The molecule has 0 aliphatic rings. The van der Waals surface area contributed by atoms with Gasteiger partial charge in [-0.15, -0.1) is 0 Å². The van der Waals surface area contributed by atoms with Gasteiger partial charge in [0.25, 0.3) is 0 Å². The van der Waals surface area contributed by atoms with Gasteiger partial charge in [0.1, 0.15) is 0 Å². The molecule has 108 valence electrons. The van der Waals surface area contributed by atoms with Crippen LogP contribution in [0.4, 0.5) is 0 Å². The second-order valence-electron chi connectivity index (χ2n) is 5.33. The quantitative estimate of drug-likeness (QED) is 0.834. The average molecular weight is 249 g/mol.